The summed E-state index contributed by atoms with van der Waals surface area (Å²) in [4.78, 5) is 0.0513. The van der Waals surface area contributed by atoms with E-state index in [0.29, 0.717) is 13.0 Å². The quantitative estimate of drug-likeness (QED) is 0.914. The summed E-state index contributed by atoms with van der Waals surface area (Å²) in [6.07, 6.45) is 1.52. The van der Waals surface area contributed by atoms with Crippen LogP contribution >= 0.6 is 0 Å². The average Bonchev–Trinajstić information content (AvgIpc) is 2.65. The Morgan fingerprint density at radius 1 is 1.28 bits per heavy atom. The molecule has 1 aromatic carbocycles. The van der Waals surface area contributed by atoms with Gasteiger partial charge in [0.1, 0.15) is 11.6 Å². The van der Waals surface area contributed by atoms with Crippen LogP contribution in [-0.2, 0) is 10.8 Å². The van der Waals surface area contributed by atoms with Crippen LogP contribution in [0.4, 0.5) is 8.78 Å². The molecule has 1 aromatic rings. The molecule has 0 aliphatic carbocycles. The van der Waals surface area contributed by atoms with Crippen LogP contribution in [0.15, 0.2) is 17.0 Å². The highest BCUT2D eigenvalue weighted by Gasteiger charge is 2.41. The molecule has 100 valence electrons. The number of hydrogen-bond donors (Lipinski definition) is 1. The Labute approximate surface area is 108 Å². The van der Waals surface area contributed by atoms with Gasteiger partial charge in [0.15, 0.2) is 0 Å². The molecule has 1 N–H and O–H groups in total. The first-order valence-electron chi connectivity index (χ1n) is 6.23. The smallest absolute Gasteiger partial charge is 0.139 e. The van der Waals surface area contributed by atoms with Crippen LogP contribution in [0.1, 0.15) is 38.3 Å². The van der Waals surface area contributed by atoms with Crippen molar-refractivity contribution in [3.8, 4) is 0 Å². The molecule has 0 spiro atoms. The van der Waals surface area contributed by atoms with Crippen LogP contribution in [0.5, 0.6) is 0 Å². The van der Waals surface area contributed by atoms with Gasteiger partial charge in [-0.1, -0.05) is 13.8 Å². The van der Waals surface area contributed by atoms with Crippen molar-refractivity contribution in [2.24, 2.45) is 0 Å². The summed E-state index contributed by atoms with van der Waals surface area (Å²) in [7, 11) is -1.47. The van der Waals surface area contributed by atoms with Gasteiger partial charge < -0.3 is 5.32 Å². The van der Waals surface area contributed by atoms with Crippen LogP contribution in [-0.4, -0.2) is 16.0 Å². The Morgan fingerprint density at radius 2 is 1.94 bits per heavy atom. The summed E-state index contributed by atoms with van der Waals surface area (Å²) in [5.41, 5.74) is 0.258. The van der Waals surface area contributed by atoms with Gasteiger partial charge in [0.05, 0.1) is 27.0 Å². The third kappa shape index (κ3) is 2.10. The lowest BCUT2D eigenvalue weighted by molar-refractivity contribution is 0.473. The molecule has 0 amide bonds. The molecule has 0 bridgehead atoms. The predicted octanol–water partition coefficient (Wildman–Crippen LogP) is 2.91. The topological polar surface area (TPSA) is 29.1 Å². The van der Waals surface area contributed by atoms with Crippen LogP contribution < -0.4 is 5.32 Å². The van der Waals surface area contributed by atoms with Gasteiger partial charge in [-0.05, 0) is 31.5 Å². The summed E-state index contributed by atoms with van der Waals surface area (Å²) in [6, 6.07) is 1.83. The van der Waals surface area contributed by atoms with E-state index >= 15 is 0 Å². The number of nitrogens with one attached hydrogen (secondary N) is 1. The van der Waals surface area contributed by atoms with Crippen molar-refractivity contribution in [3.63, 3.8) is 0 Å². The largest absolute Gasteiger partial charge is 0.309 e. The van der Waals surface area contributed by atoms with Crippen LogP contribution in [0, 0.1) is 11.6 Å². The lowest BCUT2D eigenvalue weighted by Crippen LogP contribution is -2.30. The third-order valence-electron chi connectivity index (χ3n) is 3.27. The molecule has 1 aliphatic rings. The van der Waals surface area contributed by atoms with Crippen molar-refractivity contribution in [2.45, 2.75) is 42.9 Å². The average molecular weight is 273 g/mol. The van der Waals surface area contributed by atoms with Crippen LogP contribution in [0.3, 0.4) is 0 Å². The number of fused-ring (bicyclic) bond motifs is 1. The summed E-state index contributed by atoms with van der Waals surface area (Å²) in [5, 5.41) is 2.94. The SMILES string of the molecule is CCCNC1c2c(F)ccc(F)c2S(=O)C1CC. The van der Waals surface area contributed by atoms with Gasteiger partial charge in [-0.2, -0.15) is 0 Å². The molecule has 0 saturated carbocycles. The second-order valence-corrected chi connectivity index (χ2v) is 6.06. The maximum atomic E-state index is 13.9. The third-order valence-corrected chi connectivity index (χ3v) is 5.24. The Kier molecular flexibility index (Phi) is 4.12. The Hall–Kier alpha value is -0.810. The van der Waals surface area contributed by atoms with Gasteiger partial charge in [-0.15, -0.1) is 0 Å². The summed E-state index contributed by atoms with van der Waals surface area (Å²) in [5.74, 6) is -1.03. The molecular formula is C13H17F2NOS. The monoisotopic (exact) mass is 273 g/mol. The molecule has 18 heavy (non-hydrogen) atoms. The summed E-state index contributed by atoms with van der Waals surface area (Å²) < 4.78 is 39.9. The van der Waals surface area contributed by atoms with Crippen molar-refractivity contribution >= 4 is 10.8 Å². The number of hydrogen-bond acceptors (Lipinski definition) is 2. The fourth-order valence-electron chi connectivity index (χ4n) is 2.42. The first-order valence-corrected chi connectivity index (χ1v) is 7.44. The van der Waals surface area contributed by atoms with Crippen LogP contribution in [0.2, 0.25) is 0 Å². The van der Waals surface area contributed by atoms with E-state index in [1.165, 1.54) is 0 Å². The van der Waals surface area contributed by atoms with E-state index < -0.39 is 22.4 Å². The minimum atomic E-state index is -1.47. The molecule has 0 aromatic heterocycles. The van der Waals surface area contributed by atoms with Gasteiger partial charge >= 0.3 is 0 Å². The summed E-state index contributed by atoms with van der Waals surface area (Å²) >= 11 is 0. The first kappa shape index (κ1) is 13.6. The molecule has 1 aliphatic heterocycles. The molecule has 3 atom stereocenters. The van der Waals surface area contributed by atoms with Crippen molar-refractivity contribution in [2.75, 3.05) is 6.54 Å². The van der Waals surface area contributed by atoms with Crippen molar-refractivity contribution < 1.29 is 13.0 Å². The maximum Gasteiger partial charge on any atom is 0.139 e. The zero-order valence-corrected chi connectivity index (χ0v) is 11.3. The van der Waals surface area contributed by atoms with E-state index in [1.54, 1.807) is 0 Å². The van der Waals surface area contributed by atoms with Crippen molar-refractivity contribution in [1.29, 1.82) is 0 Å². The molecule has 0 radical (unpaired) electrons. The van der Waals surface area contributed by atoms with Gasteiger partial charge in [-0.25, -0.2) is 8.78 Å². The molecule has 3 unspecified atom stereocenters. The lowest BCUT2D eigenvalue weighted by atomic mass is 10.0. The highest BCUT2D eigenvalue weighted by Crippen LogP contribution is 2.40. The maximum absolute atomic E-state index is 13.9. The molecule has 2 nitrogen and oxygen atoms in total. The second kappa shape index (κ2) is 5.45. The fourth-order valence-corrected chi connectivity index (χ4v) is 4.21. The molecular weight excluding hydrogens is 256 g/mol. The molecule has 0 saturated heterocycles. The van der Waals surface area contributed by atoms with Crippen molar-refractivity contribution in [3.05, 3.63) is 29.3 Å². The van der Waals surface area contributed by atoms with Gasteiger partial charge in [0.2, 0.25) is 0 Å². The fraction of sp³-hybridized carbons (Fsp3) is 0.538. The van der Waals surface area contributed by atoms with Crippen LogP contribution in [0.25, 0.3) is 0 Å². The minimum absolute atomic E-state index is 0.0513. The number of halogens is 2. The number of benzene rings is 1. The standard InChI is InChI=1S/C13H17F2NOS/c1-3-7-16-12-10(4-2)18(17)13-9(15)6-5-8(14)11(12)13/h5-6,10,12,16H,3-4,7H2,1-2H3. The highest BCUT2D eigenvalue weighted by molar-refractivity contribution is 7.86. The highest BCUT2D eigenvalue weighted by atomic mass is 32.2. The predicted molar refractivity (Wildman–Crippen MR) is 67.9 cm³/mol. The van der Waals surface area contributed by atoms with E-state index in [-0.39, 0.29) is 21.8 Å². The molecule has 2 rings (SSSR count). The molecule has 0 fully saturated rings. The summed E-state index contributed by atoms with van der Waals surface area (Å²) in [6.45, 7) is 4.60. The van der Waals surface area contributed by atoms with E-state index in [4.69, 9.17) is 0 Å². The lowest BCUT2D eigenvalue weighted by Gasteiger charge is -2.19. The van der Waals surface area contributed by atoms with E-state index in [1.807, 2.05) is 13.8 Å². The number of rotatable bonds is 4. The first-order chi connectivity index (χ1) is 8.61. The molecule has 1 heterocycles. The zero-order chi connectivity index (χ0) is 13.3. The Balaban J connectivity index is 2.49. The van der Waals surface area contributed by atoms with E-state index in [0.717, 1.165) is 18.6 Å². The molecule has 5 heteroatoms. The van der Waals surface area contributed by atoms with Crippen molar-refractivity contribution in [1.82, 2.24) is 5.32 Å². The van der Waals surface area contributed by atoms with E-state index in [2.05, 4.69) is 5.32 Å². The van der Waals surface area contributed by atoms with Gasteiger partial charge in [0, 0.05) is 5.56 Å². The van der Waals surface area contributed by atoms with Gasteiger partial charge in [-0.3, -0.25) is 4.21 Å². The zero-order valence-electron chi connectivity index (χ0n) is 10.5. The van der Waals surface area contributed by atoms with E-state index in [9.17, 15) is 13.0 Å². The normalized spacial score (nSPS) is 26.3. The Morgan fingerprint density at radius 3 is 2.56 bits per heavy atom. The Bertz CT molecular complexity index is 478. The minimum Gasteiger partial charge on any atom is -0.309 e. The van der Waals surface area contributed by atoms with Gasteiger partial charge in [0.25, 0.3) is 0 Å². The second-order valence-electron chi connectivity index (χ2n) is 4.45.